The van der Waals surface area contributed by atoms with Crippen LogP contribution in [0.3, 0.4) is 0 Å². The average Bonchev–Trinajstić information content (AvgIpc) is 3.53. The smallest absolute Gasteiger partial charge is 0.361 e. The van der Waals surface area contributed by atoms with Gasteiger partial charge in [0.15, 0.2) is 5.65 Å². The maximum Gasteiger partial charge on any atom is 0.361 e. The van der Waals surface area contributed by atoms with Gasteiger partial charge in [-0.1, -0.05) is 12.8 Å². The third-order valence-corrected chi connectivity index (χ3v) is 8.27. The van der Waals surface area contributed by atoms with E-state index >= 15 is 0 Å². The fourth-order valence-corrected chi connectivity index (χ4v) is 5.47. The molecule has 1 aliphatic heterocycles. The van der Waals surface area contributed by atoms with Gasteiger partial charge >= 0.3 is 7.60 Å². The highest BCUT2D eigenvalue weighted by Crippen LogP contribution is 2.51. The molecule has 36 heavy (non-hydrogen) atoms. The number of aliphatic hydroxyl groups excluding tert-OH is 3. The molecule has 0 bridgehead atoms. The number of nitrogens with zero attached hydrogens (tertiary/aromatic N) is 4. The van der Waals surface area contributed by atoms with E-state index in [-0.39, 0.29) is 17.9 Å². The molecular weight excluding hydrogens is 521 g/mol. The lowest BCUT2D eigenvalue weighted by Gasteiger charge is -2.32. The van der Waals surface area contributed by atoms with Crippen LogP contribution in [0.5, 0.6) is 0 Å². The van der Waals surface area contributed by atoms with Crippen molar-refractivity contribution in [2.45, 2.75) is 68.0 Å². The second-order valence-electron chi connectivity index (χ2n) is 9.12. The summed E-state index contributed by atoms with van der Waals surface area (Å²) < 4.78 is 29.3. The van der Waals surface area contributed by atoms with Crippen LogP contribution >= 0.6 is 19.2 Å². The minimum Gasteiger partial charge on any atom is -0.393 e. The van der Waals surface area contributed by atoms with Crippen molar-refractivity contribution in [1.29, 1.82) is 0 Å². The van der Waals surface area contributed by atoms with E-state index < -0.39 is 57.2 Å². The summed E-state index contributed by atoms with van der Waals surface area (Å²) in [6, 6.07) is 0.288. The summed E-state index contributed by atoms with van der Waals surface area (Å²) in [5.74, 6) is 0.568. The quantitative estimate of drug-likeness (QED) is 0.159. The van der Waals surface area contributed by atoms with Crippen molar-refractivity contribution >= 4 is 36.0 Å². The van der Waals surface area contributed by atoms with Crippen LogP contribution in [-0.2, 0) is 25.3 Å². The first-order valence-electron chi connectivity index (χ1n) is 11.5. The molecule has 4 rings (SSSR count). The SMILES string of the molecule is COCC(CO)(OC[C@H]1O[C@H](Cn2ncc3c(NC4CCCC4)nc(Cl)nc32)[C@H](O)[C@@H]1O)P(=O)(O)O. The summed E-state index contributed by atoms with van der Waals surface area (Å²) in [6.45, 7) is -2.15. The van der Waals surface area contributed by atoms with Crippen molar-refractivity contribution in [2.75, 3.05) is 32.2 Å². The van der Waals surface area contributed by atoms with Crippen LogP contribution in [0.1, 0.15) is 25.7 Å². The molecule has 0 spiro atoms. The lowest BCUT2D eigenvalue weighted by Crippen LogP contribution is -2.44. The van der Waals surface area contributed by atoms with Crippen molar-refractivity contribution < 1.29 is 43.9 Å². The number of anilines is 1. The molecule has 1 unspecified atom stereocenters. The number of methoxy groups -OCH3 is 1. The first-order valence-corrected chi connectivity index (χ1v) is 13.5. The molecule has 1 saturated carbocycles. The highest BCUT2D eigenvalue weighted by atomic mass is 35.5. The normalized spacial score (nSPS) is 27.1. The van der Waals surface area contributed by atoms with Crippen LogP contribution in [0.4, 0.5) is 5.82 Å². The van der Waals surface area contributed by atoms with E-state index in [1.165, 1.54) is 11.8 Å². The molecule has 0 amide bonds. The predicted octanol–water partition coefficient (Wildman–Crippen LogP) is -0.147. The fourth-order valence-electron chi connectivity index (χ4n) is 4.58. The largest absolute Gasteiger partial charge is 0.393 e. The Labute approximate surface area is 211 Å². The minimum absolute atomic E-state index is 0.00382. The van der Waals surface area contributed by atoms with Gasteiger partial charge in [0.2, 0.25) is 10.6 Å². The molecule has 0 radical (unpaired) electrons. The van der Waals surface area contributed by atoms with Crippen LogP contribution in [0.15, 0.2) is 6.20 Å². The Kier molecular flexibility index (Phi) is 8.52. The van der Waals surface area contributed by atoms with Crippen molar-refractivity contribution in [3.63, 3.8) is 0 Å². The van der Waals surface area contributed by atoms with Gasteiger partial charge in [-0.15, -0.1) is 0 Å². The number of aliphatic hydroxyl groups is 3. The summed E-state index contributed by atoms with van der Waals surface area (Å²) in [7, 11) is -3.77. The third-order valence-electron chi connectivity index (χ3n) is 6.64. The number of nitrogens with one attached hydrogen (secondary N) is 1. The number of fused-ring (bicyclic) bond motifs is 1. The summed E-state index contributed by atoms with van der Waals surface area (Å²) >= 11 is 6.16. The molecule has 0 aromatic carbocycles. The average molecular weight is 552 g/mol. The van der Waals surface area contributed by atoms with Crippen molar-refractivity contribution in [2.24, 2.45) is 0 Å². The van der Waals surface area contributed by atoms with Gasteiger partial charge in [-0.05, 0) is 24.4 Å². The minimum atomic E-state index is -4.97. The van der Waals surface area contributed by atoms with Crippen molar-refractivity contribution in [1.82, 2.24) is 19.7 Å². The van der Waals surface area contributed by atoms with Gasteiger partial charge in [-0.2, -0.15) is 15.1 Å². The molecule has 2 aromatic heterocycles. The van der Waals surface area contributed by atoms with Gasteiger partial charge in [0.05, 0.1) is 37.9 Å². The second-order valence-corrected chi connectivity index (χ2v) is 11.4. The topological polar surface area (TPSA) is 202 Å². The van der Waals surface area contributed by atoms with Crippen molar-refractivity contribution in [3.05, 3.63) is 11.5 Å². The highest BCUT2D eigenvalue weighted by molar-refractivity contribution is 7.53. The van der Waals surface area contributed by atoms with E-state index in [4.69, 9.17) is 25.8 Å². The zero-order chi connectivity index (χ0) is 26.1. The molecule has 2 fully saturated rings. The number of ether oxygens (including phenoxy) is 3. The van der Waals surface area contributed by atoms with E-state index in [2.05, 4.69) is 20.4 Å². The van der Waals surface area contributed by atoms with E-state index in [0.717, 1.165) is 25.7 Å². The maximum atomic E-state index is 11.9. The first kappa shape index (κ1) is 27.6. The number of hydrogen-bond acceptors (Lipinski definition) is 11. The molecule has 202 valence electrons. The van der Waals surface area contributed by atoms with Gasteiger partial charge < -0.3 is 44.6 Å². The van der Waals surface area contributed by atoms with E-state index in [1.54, 1.807) is 6.20 Å². The zero-order valence-electron chi connectivity index (χ0n) is 19.6. The third kappa shape index (κ3) is 5.53. The maximum absolute atomic E-state index is 11.9. The molecule has 16 heteroatoms. The zero-order valence-corrected chi connectivity index (χ0v) is 21.3. The summed E-state index contributed by atoms with van der Waals surface area (Å²) in [6.07, 6.45) is 1.07. The van der Waals surface area contributed by atoms with Gasteiger partial charge in [0.25, 0.3) is 0 Å². The Hall–Kier alpha value is -1.45. The number of hydrogen-bond donors (Lipinski definition) is 6. The van der Waals surface area contributed by atoms with E-state index in [0.29, 0.717) is 16.9 Å². The van der Waals surface area contributed by atoms with E-state index in [1.807, 2.05) is 0 Å². The van der Waals surface area contributed by atoms with Crippen LogP contribution in [0.2, 0.25) is 5.28 Å². The molecule has 5 atom stereocenters. The van der Waals surface area contributed by atoms with Crippen LogP contribution in [0.25, 0.3) is 11.0 Å². The summed E-state index contributed by atoms with van der Waals surface area (Å²) in [4.78, 5) is 27.9. The van der Waals surface area contributed by atoms with Crippen molar-refractivity contribution in [3.8, 4) is 0 Å². The monoisotopic (exact) mass is 551 g/mol. The second kappa shape index (κ2) is 11.1. The number of aromatic nitrogens is 4. The van der Waals surface area contributed by atoms with Crippen LogP contribution in [0, 0.1) is 0 Å². The first-order chi connectivity index (χ1) is 17.1. The van der Waals surface area contributed by atoms with Crippen LogP contribution < -0.4 is 5.32 Å². The van der Waals surface area contributed by atoms with Crippen LogP contribution in [-0.4, -0.2) is 108 Å². The highest BCUT2D eigenvalue weighted by Gasteiger charge is 2.51. The Balaban J connectivity index is 1.48. The Morgan fingerprint density at radius 2 is 1.94 bits per heavy atom. The lowest BCUT2D eigenvalue weighted by molar-refractivity contribution is -0.119. The number of rotatable bonds is 11. The van der Waals surface area contributed by atoms with Gasteiger partial charge in [0.1, 0.15) is 30.2 Å². The molecule has 6 N–H and O–H groups in total. The Morgan fingerprint density at radius 3 is 2.58 bits per heavy atom. The van der Waals surface area contributed by atoms with E-state index in [9.17, 15) is 29.7 Å². The van der Waals surface area contributed by atoms with Gasteiger partial charge in [-0.3, -0.25) is 4.57 Å². The Bertz CT molecular complexity index is 1100. The summed E-state index contributed by atoms with van der Waals surface area (Å²) in [5, 5.41) is 36.7. The summed E-state index contributed by atoms with van der Waals surface area (Å²) in [5.41, 5.74) is 0.418. The standard InChI is InChI=1S/C20H31ClN5O9P/c1-33-10-20(9-27,36(30,31)32)34-8-14-16(29)15(28)13(35-14)7-26-18-12(6-22-26)17(24-19(21)25-18)23-11-4-2-3-5-11/h6,11,13-16,27-29H,2-5,7-10H2,1H3,(H,23,24,25)(H2,30,31,32)/t13-,14-,15+,16-,20?/m1/s1. The predicted molar refractivity (Wildman–Crippen MR) is 127 cm³/mol. The fraction of sp³-hybridized carbons (Fsp3) is 0.750. The van der Waals surface area contributed by atoms with Gasteiger partial charge in [-0.25, -0.2) is 4.68 Å². The molecule has 3 heterocycles. The molecule has 1 saturated heterocycles. The number of halogens is 1. The van der Waals surface area contributed by atoms with Gasteiger partial charge in [0, 0.05) is 13.2 Å². The lowest BCUT2D eigenvalue weighted by atomic mass is 10.1. The Morgan fingerprint density at radius 1 is 1.25 bits per heavy atom. The molecular formula is C20H31ClN5O9P. The molecule has 2 aromatic rings. The molecule has 14 nitrogen and oxygen atoms in total. The molecule has 2 aliphatic rings. The molecule has 1 aliphatic carbocycles.